The smallest absolute Gasteiger partial charge is 0.255 e. The van der Waals surface area contributed by atoms with Gasteiger partial charge in [0, 0.05) is 5.02 Å². The Labute approximate surface area is 239 Å². The molecule has 2 aromatic carbocycles. The van der Waals surface area contributed by atoms with Crippen LogP contribution in [0.4, 0.5) is 4.39 Å². The van der Waals surface area contributed by atoms with Gasteiger partial charge in [-0.2, -0.15) is 5.10 Å². The lowest BCUT2D eigenvalue weighted by atomic mass is 9.99. The molecule has 3 N–H and O–H groups in total. The highest BCUT2D eigenvalue weighted by atomic mass is 35.5. The summed E-state index contributed by atoms with van der Waals surface area (Å²) in [5.41, 5.74) is 2.28. The van der Waals surface area contributed by atoms with Crippen LogP contribution in [0.3, 0.4) is 0 Å². The normalized spacial score (nSPS) is 19.2. The number of carbonyl (C=O) groups is 1. The summed E-state index contributed by atoms with van der Waals surface area (Å²) in [5, 5.41) is 22.0. The number of hydrogen-bond acceptors (Lipinski definition) is 7. The van der Waals surface area contributed by atoms with Crippen molar-refractivity contribution in [2.45, 2.75) is 43.9 Å². The van der Waals surface area contributed by atoms with E-state index >= 15 is 4.39 Å². The lowest BCUT2D eigenvalue weighted by Crippen LogP contribution is -2.46. The molecule has 1 saturated carbocycles. The zero-order valence-corrected chi connectivity index (χ0v) is 22.8. The van der Waals surface area contributed by atoms with Gasteiger partial charge in [-0.25, -0.2) is 14.4 Å². The Kier molecular flexibility index (Phi) is 7.38. The lowest BCUT2D eigenvalue weighted by Gasteiger charge is -2.30. The van der Waals surface area contributed by atoms with Gasteiger partial charge in [0.05, 0.1) is 48.1 Å². The standard InChI is InChI=1S/C29H27ClFN7O3/c1-41-25-11-10-16(30)12-18(25)29(40)36-20-8-4-5-9-23(26(20)39)38-24-13-21(27-33-15-34-37-27)32-14-22(24)35-28(38)17-6-2-3-7-19(17)31/h2-3,6-7,10-15,20,23,26,39H,4-5,8-9H2,1H3,(H,36,40)(H,33,34,37)/t20-,23+,26+/m1/s1. The molecule has 5 aromatic rings. The van der Waals surface area contributed by atoms with E-state index in [1.807, 2.05) is 4.57 Å². The number of pyridine rings is 1. The Hall–Kier alpha value is -4.35. The summed E-state index contributed by atoms with van der Waals surface area (Å²) < 4.78 is 22.4. The van der Waals surface area contributed by atoms with Crippen molar-refractivity contribution in [2.75, 3.05) is 7.11 Å². The number of nitrogens with zero attached hydrogens (tertiary/aromatic N) is 5. The second-order valence-electron chi connectivity index (χ2n) is 9.94. The van der Waals surface area contributed by atoms with Crippen LogP contribution in [-0.2, 0) is 0 Å². The summed E-state index contributed by atoms with van der Waals surface area (Å²) in [6.07, 6.45) is 4.67. The number of ether oxygens (including phenoxy) is 1. The van der Waals surface area contributed by atoms with Crippen molar-refractivity contribution < 1.29 is 19.0 Å². The first-order chi connectivity index (χ1) is 19.9. The predicted molar refractivity (Wildman–Crippen MR) is 151 cm³/mol. The van der Waals surface area contributed by atoms with E-state index in [1.54, 1.807) is 42.6 Å². The molecular weight excluding hydrogens is 549 g/mol. The van der Waals surface area contributed by atoms with Gasteiger partial charge in [-0.15, -0.1) is 0 Å². The van der Waals surface area contributed by atoms with Crippen molar-refractivity contribution in [1.82, 2.24) is 35.0 Å². The third kappa shape index (κ3) is 5.14. The third-order valence-electron chi connectivity index (χ3n) is 7.47. The molecule has 1 amide bonds. The number of aromatic nitrogens is 6. The molecule has 10 nitrogen and oxygen atoms in total. The zero-order valence-electron chi connectivity index (χ0n) is 22.1. The van der Waals surface area contributed by atoms with E-state index in [9.17, 15) is 9.90 Å². The maximum absolute atomic E-state index is 15.1. The lowest BCUT2D eigenvalue weighted by molar-refractivity contribution is 0.0655. The molecule has 3 aromatic heterocycles. The average molecular weight is 576 g/mol. The number of aliphatic hydroxyl groups excluding tert-OH is 1. The van der Waals surface area contributed by atoms with Crippen molar-refractivity contribution >= 4 is 28.5 Å². The van der Waals surface area contributed by atoms with E-state index in [2.05, 4.69) is 25.5 Å². The van der Waals surface area contributed by atoms with Gasteiger partial charge in [-0.3, -0.25) is 14.9 Å². The van der Waals surface area contributed by atoms with Crippen LogP contribution in [-0.4, -0.2) is 60.0 Å². The molecule has 3 heterocycles. The summed E-state index contributed by atoms with van der Waals surface area (Å²) in [6, 6.07) is 11.9. The zero-order chi connectivity index (χ0) is 28.5. The van der Waals surface area contributed by atoms with E-state index < -0.39 is 29.9 Å². The van der Waals surface area contributed by atoms with Crippen molar-refractivity contribution in [1.29, 1.82) is 0 Å². The molecule has 6 rings (SSSR count). The molecule has 0 radical (unpaired) electrons. The summed E-state index contributed by atoms with van der Waals surface area (Å²) in [6.45, 7) is 0. The van der Waals surface area contributed by atoms with E-state index in [-0.39, 0.29) is 5.56 Å². The fourth-order valence-corrected chi connectivity index (χ4v) is 5.67. The molecule has 41 heavy (non-hydrogen) atoms. The number of fused-ring (bicyclic) bond motifs is 1. The van der Waals surface area contributed by atoms with Gasteiger partial charge >= 0.3 is 0 Å². The quantitative estimate of drug-likeness (QED) is 0.244. The van der Waals surface area contributed by atoms with Crippen LogP contribution in [0.15, 0.2) is 61.1 Å². The average Bonchev–Trinajstić information content (AvgIpc) is 3.61. The fourth-order valence-electron chi connectivity index (χ4n) is 5.50. The van der Waals surface area contributed by atoms with Crippen LogP contribution < -0.4 is 10.1 Å². The molecular formula is C29H27ClFN7O3. The Balaban J connectivity index is 1.44. The number of imidazole rings is 1. The number of amides is 1. The van der Waals surface area contributed by atoms with Crippen LogP contribution in [0.5, 0.6) is 5.75 Å². The SMILES string of the molecule is COc1ccc(Cl)cc1C(=O)N[C@@H]1CCCC[C@H](n2c(-c3ccccc3F)nc3cnc(-c4ncn[nH]4)cc32)[C@H]1O. The number of H-pyrrole nitrogens is 1. The van der Waals surface area contributed by atoms with Crippen LogP contribution in [0.1, 0.15) is 42.1 Å². The highest BCUT2D eigenvalue weighted by Crippen LogP contribution is 2.37. The fraction of sp³-hybridized carbons (Fsp3) is 0.276. The van der Waals surface area contributed by atoms with E-state index in [1.165, 1.54) is 25.6 Å². The molecule has 3 atom stereocenters. The van der Waals surface area contributed by atoms with Crippen LogP contribution >= 0.6 is 11.6 Å². The highest BCUT2D eigenvalue weighted by Gasteiger charge is 2.35. The Bertz CT molecular complexity index is 1710. The third-order valence-corrected chi connectivity index (χ3v) is 7.71. The largest absolute Gasteiger partial charge is 0.496 e. The van der Waals surface area contributed by atoms with Crippen LogP contribution in [0.2, 0.25) is 5.02 Å². The second kappa shape index (κ2) is 11.3. The molecule has 1 aliphatic carbocycles. The first kappa shape index (κ1) is 26.9. The first-order valence-corrected chi connectivity index (χ1v) is 13.6. The second-order valence-corrected chi connectivity index (χ2v) is 10.4. The molecule has 0 unspecified atom stereocenters. The molecule has 0 spiro atoms. The first-order valence-electron chi connectivity index (χ1n) is 13.3. The predicted octanol–water partition coefficient (Wildman–Crippen LogP) is 4.96. The minimum absolute atomic E-state index is 0.274. The molecule has 1 fully saturated rings. The van der Waals surface area contributed by atoms with Crippen molar-refractivity contribution in [3.63, 3.8) is 0 Å². The number of halogens is 2. The molecule has 210 valence electrons. The molecule has 12 heteroatoms. The summed E-state index contributed by atoms with van der Waals surface area (Å²) in [5.74, 6) is 0.363. The topological polar surface area (TPSA) is 131 Å². The van der Waals surface area contributed by atoms with Gasteiger partial charge in [-0.1, -0.05) is 36.6 Å². The summed E-state index contributed by atoms with van der Waals surface area (Å²) >= 11 is 6.16. The number of nitrogens with one attached hydrogen (secondary N) is 2. The van der Waals surface area contributed by atoms with Crippen molar-refractivity contribution in [3.8, 4) is 28.7 Å². The van der Waals surface area contributed by atoms with Gasteiger partial charge in [0.25, 0.3) is 5.91 Å². The Morgan fingerprint density at radius 3 is 2.78 bits per heavy atom. The summed E-state index contributed by atoms with van der Waals surface area (Å²) in [7, 11) is 1.48. The van der Waals surface area contributed by atoms with Gasteiger partial charge in [0.15, 0.2) is 5.82 Å². The van der Waals surface area contributed by atoms with Gasteiger partial charge < -0.3 is 19.7 Å². The number of rotatable bonds is 6. The van der Waals surface area contributed by atoms with Crippen molar-refractivity contribution in [2.24, 2.45) is 0 Å². The molecule has 0 bridgehead atoms. The van der Waals surface area contributed by atoms with Gasteiger partial charge in [0.2, 0.25) is 0 Å². The minimum atomic E-state index is -1.02. The Morgan fingerprint density at radius 1 is 1.17 bits per heavy atom. The summed E-state index contributed by atoms with van der Waals surface area (Å²) in [4.78, 5) is 26.8. The van der Waals surface area contributed by atoms with E-state index in [4.69, 9.17) is 21.3 Å². The molecule has 1 aliphatic rings. The maximum atomic E-state index is 15.1. The minimum Gasteiger partial charge on any atom is -0.496 e. The maximum Gasteiger partial charge on any atom is 0.255 e. The number of methoxy groups -OCH3 is 1. The van der Waals surface area contributed by atoms with Gasteiger partial charge in [-0.05, 0) is 49.2 Å². The van der Waals surface area contributed by atoms with Crippen molar-refractivity contribution in [3.05, 3.63) is 77.5 Å². The monoisotopic (exact) mass is 575 g/mol. The number of carbonyl (C=O) groups excluding carboxylic acids is 1. The van der Waals surface area contributed by atoms with Gasteiger partial charge in [0.1, 0.15) is 34.9 Å². The number of hydrogen-bond donors (Lipinski definition) is 3. The number of aliphatic hydroxyl groups is 1. The number of benzene rings is 2. The molecule has 0 saturated heterocycles. The number of aromatic amines is 1. The van der Waals surface area contributed by atoms with Crippen LogP contribution in [0, 0.1) is 5.82 Å². The highest BCUT2D eigenvalue weighted by molar-refractivity contribution is 6.31. The van der Waals surface area contributed by atoms with E-state index in [0.717, 1.165) is 12.8 Å². The Morgan fingerprint density at radius 2 is 2.00 bits per heavy atom. The van der Waals surface area contributed by atoms with Crippen LogP contribution in [0.25, 0.3) is 33.9 Å². The van der Waals surface area contributed by atoms with E-state index in [0.29, 0.717) is 57.6 Å². The molecule has 0 aliphatic heterocycles.